The molecule has 1 aliphatic heterocycles. The third kappa shape index (κ3) is 4.03. The lowest BCUT2D eigenvalue weighted by Crippen LogP contribution is -2.52. The molecule has 1 heterocycles. The molecule has 0 radical (unpaired) electrons. The molecular weight excluding hydrogens is 357 g/mol. The van der Waals surface area contributed by atoms with Crippen LogP contribution in [0.25, 0.3) is 0 Å². The van der Waals surface area contributed by atoms with Crippen molar-refractivity contribution in [2.24, 2.45) is 0 Å². The quantitative estimate of drug-likeness (QED) is 0.808. The molecular formula is C16H21F3N2O3S. The highest BCUT2D eigenvalue weighted by Crippen LogP contribution is 2.29. The molecule has 2 aliphatic rings. The van der Waals surface area contributed by atoms with E-state index in [4.69, 9.17) is 4.74 Å². The van der Waals surface area contributed by atoms with E-state index in [2.05, 4.69) is 0 Å². The van der Waals surface area contributed by atoms with Crippen LogP contribution in [0.4, 0.5) is 18.9 Å². The van der Waals surface area contributed by atoms with E-state index < -0.39 is 15.5 Å². The Morgan fingerprint density at radius 2 is 1.52 bits per heavy atom. The minimum Gasteiger partial charge on any atom is -0.490 e. The molecule has 0 aromatic heterocycles. The summed E-state index contributed by atoms with van der Waals surface area (Å²) in [5.41, 5.74) is -4.39. The molecule has 1 saturated heterocycles. The third-order valence-electron chi connectivity index (χ3n) is 4.68. The van der Waals surface area contributed by atoms with Crippen molar-refractivity contribution in [1.82, 2.24) is 4.31 Å². The predicted molar refractivity (Wildman–Crippen MR) is 88.1 cm³/mol. The number of benzene rings is 1. The van der Waals surface area contributed by atoms with Crippen molar-refractivity contribution in [3.63, 3.8) is 0 Å². The lowest BCUT2D eigenvalue weighted by Gasteiger charge is -2.35. The summed E-state index contributed by atoms with van der Waals surface area (Å²) < 4.78 is 67.0. The standard InChI is InChI=1S/C16H21F3N2O3S/c17-16(18,19)25(22,23)21-11-9-20(10-12-21)13-5-7-15(8-6-13)24-14-3-1-2-4-14/h5-8,14H,1-4,9-12H2. The van der Waals surface area contributed by atoms with Gasteiger partial charge in [0.15, 0.2) is 0 Å². The van der Waals surface area contributed by atoms with Crippen LogP contribution in [0.1, 0.15) is 25.7 Å². The van der Waals surface area contributed by atoms with Crippen LogP contribution in [0, 0.1) is 0 Å². The van der Waals surface area contributed by atoms with E-state index >= 15 is 0 Å². The summed E-state index contributed by atoms with van der Waals surface area (Å²) in [6.07, 6.45) is 4.78. The second-order valence-corrected chi connectivity index (χ2v) is 8.28. The molecule has 0 bridgehead atoms. The maximum Gasteiger partial charge on any atom is 0.511 e. The smallest absolute Gasteiger partial charge is 0.490 e. The van der Waals surface area contributed by atoms with Gasteiger partial charge in [0.05, 0.1) is 6.10 Å². The fourth-order valence-electron chi connectivity index (χ4n) is 3.27. The average molecular weight is 378 g/mol. The summed E-state index contributed by atoms with van der Waals surface area (Å²) in [5, 5.41) is 0. The molecule has 0 atom stereocenters. The number of hydrogen-bond acceptors (Lipinski definition) is 4. The molecule has 9 heteroatoms. The van der Waals surface area contributed by atoms with E-state index in [-0.39, 0.29) is 32.3 Å². The van der Waals surface area contributed by atoms with E-state index in [9.17, 15) is 21.6 Å². The Hall–Kier alpha value is -1.48. The van der Waals surface area contributed by atoms with Gasteiger partial charge < -0.3 is 9.64 Å². The number of piperazine rings is 1. The molecule has 0 unspecified atom stereocenters. The Morgan fingerprint density at radius 3 is 2.04 bits per heavy atom. The van der Waals surface area contributed by atoms with Crippen LogP contribution in [0.5, 0.6) is 5.75 Å². The van der Waals surface area contributed by atoms with Crippen molar-refractivity contribution < 1.29 is 26.3 Å². The maximum atomic E-state index is 12.6. The second kappa shape index (κ2) is 7.03. The van der Waals surface area contributed by atoms with Gasteiger partial charge in [-0.15, -0.1) is 0 Å². The average Bonchev–Trinajstić information content (AvgIpc) is 3.08. The molecule has 1 aromatic rings. The first-order valence-electron chi connectivity index (χ1n) is 8.35. The summed E-state index contributed by atoms with van der Waals surface area (Å²) in [6, 6.07) is 7.43. The van der Waals surface area contributed by atoms with E-state index in [0.29, 0.717) is 4.31 Å². The van der Waals surface area contributed by atoms with E-state index in [1.54, 1.807) is 0 Å². The Labute approximate surface area is 145 Å². The summed E-state index contributed by atoms with van der Waals surface area (Å²) in [4.78, 5) is 1.88. The van der Waals surface area contributed by atoms with Gasteiger partial charge >= 0.3 is 15.5 Å². The van der Waals surface area contributed by atoms with Crippen LogP contribution < -0.4 is 9.64 Å². The monoisotopic (exact) mass is 378 g/mol. The normalized spacial score (nSPS) is 20.8. The Morgan fingerprint density at radius 1 is 0.960 bits per heavy atom. The molecule has 3 rings (SSSR count). The molecule has 0 amide bonds. The first-order valence-corrected chi connectivity index (χ1v) is 9.79. The van der Waals surface area contributed by atoms with Crippen LogP contribution in [-0.2, 0) is 10.0 Å². The summed E-state index contributed by atoms with van der Waals surface area (Å²) in [6.45, 7) is 0.0839. The van der Waals surface area contributed by atoms with Crippen molar-refractivity contribution >= 4 is 15.7 Å². The number of rotatable bonds is 4. The largest absolute Gasteiger partial charge is 0.511 e. The SMILES string of the molecule is O=S(=O)(N1CCN(c2ccc(OC3CCCC3)cc2)CC1)C(F)(F)F. The minimum atomic E-state index is -5.24. The van der Waals surface area contributed by atoms with Crippen LogP contribution in [0.15, 0.2) is 24.3 Å². The zero-order valence-corrected chi connectivity index (χ0v) is 14.5. The van der Waals surface area contributed by atoms with Gasteiger partial charge in [-0.2, -0.15) is 17.5 Å². The highest BCUT2D eigenvalue weighted by molar-refractivity contribution is 7.90. The highest BCUT2D eigenvalue weighted by Gasteiger charge is 2.50. The zero-order valence-electron chi connectivity index (χ0n) is 13.7. The number of halogens is 3. The third-order valence-corrected chi connectivity index (χ3v) is 6.31. The summed E-state index contributed by atoms with van der Waals surface area (Å²) in [5.74, 6) is 0.786. The van der Waals surface area contributed by atoms with Gasteiger partial charge in [-0.05, 0) is 49.9 Å². The number of hydrogen-bond donors (Lipinski definition) is 0. The van der Waals surface area contributed by atoms with Gasteiger partial charge in [0, 0.05) is 31.9 Å². The van der Waals surface area contributed by atoms with Gasteiger partial charge in [-0.3, -0.25) is 0 Å². The molecule has 5 nitrogen and oxygen atoms in total. The van der Waals surface area contributed by atoms with Gasteiger partial charge in [0.25, 0.3) is 0 Å². The first-order chi connectivity index (χ1) is 11.8. The van der Waals surface area contributed by atoms with E-state index in [1.165, 1.54) is 12.8 Å². The predicted octanol–water partition coefficient (Wildman–Crippen LogP) is 2.98. The fourth-order valence-corrected chi connectivity index (χ4v) is 4.20. The number of alkyl halides is 3. The van der Waals surface area contributed by atoms with Crippen LogP contribution in [0.3, 0.4) is 0 Å². The molecule has 140 valence electrons. The van der Waals surface area contributed by atoms with Crippen LogP contribution >= 0.6 is 0 Å². The molecule has 25 heavy (non-hydrogen) atoms. The zero-order chi connectivity index (χ0) is 18.1. The Bertz CT molecular complexity index is 678. The molecule has 0 spiro atoms. The fraction of sp³-hybridized carbons (Fsp3) is 0.625. The molecule has 0 N–H and O–H groups in total. The summed E-state index contributed by atoms with van der Waals surface area (Å²) in [7, 11) is -5.24. The lowest BCUT2D eigenvalue weighted by atomic mass is 10.2. The van der Waals surface area contributed by atoms with Crippen molar-refractivity contribution in [1.29, 1.82) is 0 Å². The lowest BCUT2D eigenvalue weighted by molar-refractivity contribution is -0.0490. The molecule has 1 aliphatic carbocycles. The number of ether oxygens (including phenoxy) is 1. The van der Waals surface area contributed by atoms with Crippen molar-refractivity contribution in [3.8, 4) is 5.75 Å². The molecule has 1 aromatic carbocycles. The van der Waals surface area contributed by atoms with Crippen LogP contribution in [-0.4, -0.2) is 50.5 Å². The van der Waals surface area contributed by atoms with Crippen molar-refractivity contribution in [3.05, 3.63) is 24.3 Å². The van der Waals surface area contributed by atoms with Crippen molar-refractivity contribution in [2.75, 3.05) is 31.1 Å². The van der Waals surface area contributed by atoms with Gasteiger partial charge in [0.1, 0.15) is 5.75 Å². The topological polar surface area (TPSA) is 49.9 Å². The Kier molecular flexibility index (Phi) is 5.15. The van der Waals surface area contributed by atoms with Gasteiger partial charge in [-0.25, -0.2) is 8.42 Å². The maximum absolute atomic E-state index is 12.6. The van der Waals surface area contributed by atoms with E-state index in [0.717, 1.165) is 24.3 Å². The summed E-state index contributed by atoms with van der Waals surface area (Å²) >= 11 is 0. The van der Waals surface area contributed by atoms with Crippen LogP contribution in [0.2, 0.25) is 0 Å². The number of sulfonamides is 1. The van der Waals surface area contributed by atoms with Crippen molar-refractivity contribution in [2.45, 2.75) is 37.3 Å². The Balaban J connectivity index is 1.57. The molecule has 1 saturated carbocycles. The van der Waals surface area contributed by atoms with Gasteiger partial charge in [-0.1, -0.05) is 0 Å². The second-order valence-electron chi connectivity index (χ2n) is 6.36. The molecule has 2 fully saturated rings. The highest BCUT2D eigenvalue weighted by atomic mass is 32.2. The number of nitrogens with zero attached hydrogens (tertiary/aromatic N) is 2. The first kappa shape index (κ1) is 18.3. The number of anilines is 1. The van der Waals surface area contributed by atoms with E-state index in [1.807, 2.05) is 29.2 Å². The van der Waals surface area contributed by atoms with Gasteiger partial charge in [0.2, 0.25) is 0 Å². The minimum absolute atomic E-state index is 0.178.